The van der Waals surface area contributed by atoms with Gasteiger partial charge in [0, 0.05) is 29.2 Å². The zero-order valence-electron chi connectivity index (χ0n) is 21.3. The van der Waals surface area contributed by atoms with E-state index in [2.05, 4.69) is 20.9 Å². The molecule has 200 valence electrons. The maximum Gasteiger partial charge on any atom is 0.408 e. The number of hydrogen-bond acceptors (Lipinski definition) is 6. The van der Waals surface area contributed by atoms with Crippen LogP contribution in [0.1, 0.15) is 46.5 Å². The molecule has 1 saturated carbocycles. The Labute approximate surface area is 214 Å². The number of amides is 3. The van der Waals surface area contributed by atoms with E-state index in [1.807, 2.05) is 0 Å². The SMILES string of the molecule is COc1cc(F)ccc1-c1cc(NC(=O)[C@H]2CCC[C@@H](NC(=O)CNC(=O)OC(C)(C)C)C2)ncc1F. The van der Waals surface area contributed by atoms with Gasteiger partial charge < -0.3 is 25.4 Å². The third-order valence-corrected chi connectivity index (χ3v) is 5.76. The van der Waals surface area contributed by atoms with E-state index in [1.165, 1.54) is 25.3 Å². The lowest BCUT2D eigenvalue weighted by Gasteiger charge is -2.29. The standard InChI is InChI=1S/C26H32F2N4O5/c1-26(2,3)37-25(35)30-14-23(33)31-17-7-5-6-15(10-17)24(34)32-22-12-19(20(28)13-29-22)18-9-8-16(27)11-21(18)36-4/h8-9,11-13,15,17H,5-7,10,14H2,1-4H3,(H,30,35)(H,31,33)(H,29,32,34)/t15-,17+/m0/s1. The number of methoxy groups -OCH3 is 1. The summed E-state index contributed by atoms with van der Waals surface area (Å²) in [5, 5.41) is 7.97. The Bertz CT molecular complexity index is 1150. The fraction of sp³-hybridized carbons (Fsp3) is 0.462. The van der Waals surface area contributed by atoms with Crippen LogP contribution in [0.5, 0.6) is 5.75 Å². The summed E-state index contributed by atoms with van der Waals surface area (Å²) in [6.45, 7) is 4.93. The molecule has 0 spiro atoms. The fourth-order valence-corrected chi connectivity index (χ4v) is 4.13. The van der Waals surface area contributed by atoms with Crippen LogP contribution in [0.2, 0.25) is 0 Å². The van der Waals surface area contributed by atoms with Gasteiger partial charge in [-0.25, -0.2) is 18.6 Å². The van der Waals surface area contributed by atoms with Crippen molar-refractivity contribution in [1.82, 2.24) is 15.6 Å². The van der Waals surface area contributed by atoms with Crippen LogP contribution in [0.15, 0.2) is 30.5 Å². The zero-order valence-corrected chi connectivity index (χ0v) is 21.3. The first-order chi connectivity index (χ1) is 17.4. The highest BCUT2D eigenvalue weighted by Crippen LogP contribution is 2.33. The maximum absolute atomic E-state index is 14.5. The topological polar surface area (TPSA) is 119 Å². The molecular weight excluding hydrogens is 486 g/mol. The van der Waals surface area contributed by atoms with Crippen LogP contribution in [-0.2, 0) is 14.3 Å². The van der Waals surface area contributed by atoms with Gasteiger partial charge in [0.2, 0.25) is 11.8 Å². The number of carbonyl (C=O) groups excluding carboxylic acids is 3. The number of alkyl carbamates (subject to hydrolysis) is 1. The van der Waals surface area contributed by atoms with Crippen LogP contribution in [0.4, 0.5) is 19.4 Å². The molecule has 1 aliphatic rings. The molecule has 2 atom stereocenters. The molecule has 3 rings (SSSR count). The summed E-state index contributed by atoms with van der Waals surface area (Å²) >= 11 is 0. The Morgan fingerprint density at radius 1 is 1.11 bits per heavy atom. The van der Waals surface area contributed by atoms with E-state index in [0.717, 1.165) is 18.7 Å². The molecule has 0 bridgehead atoms. The highest BCUT2D eigenvalue weighted by atomic mass is 19.1. The van der Waals surface area contributed by atoms with E-state index in [9.17, 15) is 23.2 Å². The molecule has 3 N–H and O–H groups in total. The van der Waals surface area contributed by atoms with Gasteiger partial charge in [-0.3, -0.25) is 9.59 Å². The molecule has 1 aromatic heterocycles. The van der Waals surface area contributed by atoms with E-state index in [0.29, 0.717) is 24.8 Å². The van der Waals surface area contributed by atoms with Gasteiger partial charge >= 0.3 is 6.09 Å². The van der Waals surface area contributed by atoms with E-state index in [4.69, 9.17) is 9.47 Å². The van der Waals surface area contributed by atoms with Crippen LogP contribution in [-0.4, -0.2) is 48.2 Å². The normalized spacial score (nSPS) is 17.5. The Morgan fingerprint density at radius 3 is 2.57 bits per heavy atom. The van der Waals surface area contributed by atoms with E-state index >= 15 is 0 Å². The summed E-state index contributed by atoms with van der Waals surface area (Å²) in [5.41, 5.74) is -0.247. The molecule has 1 fully saturated rings. The van der Waals surface area contributed by atoms with Crippen molar-refractivity contribution in [2.24, 2.45) is 5.92 Å². The summed E-state index contributed by atoms with van der Waals surface area (Å²) in [4.78, 5) is 40.9. The molecule has 11 heteroatoms. The minimum Gasteiger partial charge on any atom is -0.496 e. The van der Waals surface area contributed by atoms with Crippen molar-refractivity contribution in [2.75, 3.05) is 19.0 Å². The smallest absolute Gasteiger partial charge is 0.408 e. The minimum atomic E-state index is -0.687. The average Bonchev–Trinajstić information content (AvgIpc) is 2.83. The third-order valence-electron chi connectivity index (χ3n) is 5.76. The Kier molecular flexibility index (Phi) is 9.01. The number of rotatable bonds is 7. The molecule has 1 aliphatic carbocycles. The second-order valence-electron chi connectivity index (χ2n) is 9.87. The van der Waals surface area contributed by atoms with Gasteiger partial charge in [0.05, 0.1) is 13.3 Å². The molecule has 9 nitrogen and oxygen atoms in total. The number of aromatic nitrogens is 1. The van der Waals surface area contributed by atoms with Crippen molar-refractivity contribution in [2.45, 2.75) is 58.1 Å². The summed E-state index contributed by atoms with van der Waals surface area (Å²) in [6.07, 6.45) is 2.74. The van der Waals surface area contributed by atoms with E-state index in [1.54, 1.807) is 20.8 Å². The Balaban J connectivity index is 1.59. The van der Waals surface area contributed by atoms with Gasteiger partial charge in [-0.1, -0.05) is 6.42 Å². The molecule has 2 aromatic rings. The van der Waals surface area contributed by atoms with Gasteiger partial charge in [0.1, 0.15) is 35.3 Å². The summed E-state index contributed by atoms with van der Waals surface area (Å²) < 4.78 is 38.4. The molecular formula is C26H32F2N4O5. The summed E-state index contributed by atoms with van der Waals surface area (Å²) in [6, 6.07) is 4.86. The van der Waals surface area contributed by atoms with Crippen LogP contribution < -0.4 is 20.7 Å². The minimum absolute atomic E-state index is 0.105. The number of ether oxygens (including phenoxy) is 2. The molecule has 0 aliphatic heterocycles. The predicted molar refractivity (Wildman–Crippen MR) is 133 cm³/mol. The van der Waals surface area contributed by atoms with Crippen molar-refractivity contribution in [3.05, 3.63) is 42.1 Å². The quantitative estimate of drug-likeness (QED) is 0.506. The molecule has 37 heavy (non-hydrogen) atoms. The lowest BCUT2D eigenvalue weighted by molar-refractivity contribution is -0.124. The third kappa shape index (κ3) is 8.12. The Morgan fingerprint density at radius 2 is 1.86 bits per heavy atom. The van der Waals surface area contributed by atoms with Crippen LogP contribution in [0.25, 0.3) is 11.1 Å². The summed E-state index contributed by atoms with van der Waals surface area (Å²) in [5.74, 6) is -1.97. The van der Waals surface area contributed by atoms with Crippen molar-refractivity contribution < 1.29 is 32.6 Å². The fourth-order valence-electron chi connectivity index (χ4n) is 4.13. The number of halogens is 2. The molecule has 1 heterocycles. The predicted octanol–water partition coefficient (Wildman–Crippen LogP) is 4.17. The van der Waals surface area contributed by atoms with Gasteiger partial charge in [0.25, 0.3) is 0 Å². The van der Waals surface area contributed by atoms with Crippen LogP contribution in [0, 0.1) is 17.6 Å². The van der Waals surface area contributed by atoms with Gasteiger partial charge in [-0.05, 0) is 58.2 Å². The van der Waals surface area contributed by atoms with Gasteiger partial charge in [-0.15, -0.1) is 0 Å². The number of hydrogen-bond donors (Lipinski definition) is 3. The average molecular weight is 519 g/mol. The number of carbonyl (C=O) groups is 3. The second kappa shape index (κ2) is 12.0. The highest BCUT2D eigenvalue weighted by Gasteiger charge is 2.29. The zero-order chi connectivity index (χ0) is 27.2. The highest BCUT2D eigenvalue weighted by molar-refractivity contribution is 5.92. The van der Waals surface area contributed by atoms with Crippen molar-refractivity contribution in [1.29, 1.82) is 0 Å². The molecule has 3 amide bonds. The first-order valence-corrected chi connectivity index (χ1v) is 12.0. The number of benzene rings is 1. The first kappa shape index (κ1) is 27.8. The van der Waals surface area contributed by atoms with Crippen molar-refractivity contribution >= 4 is 23.7 Å². The Hall–Kier alpha value is -3.76. The van der Waals surface area contributed by atoms with Gasteiger partial charge in [0.15, 0.2) is 0 Å². The van der Waals surface area contributed by atoms with E-state index < -0.39 is 29.2 Å². The van der Waals surface area contributed by atoms with Crippen molar-refractivity contribution in [3.63, 3.8) is 0 Å². The lowest BCUT2D eigenvalue weighted by atomic mass is 9.85. The summed E-state index contributed by atoms with van der Waals surface area (Å²) in [7, 11) is 1.35. The van der Waals surface area contributed by atoms with E-state index in [-0.39, 0.29) is 41.5 Å². The molecule has 0 unspecified atom stereocenters. The van der Waals surface area contributed by atoms with Gasteiger partial charge in [-0.2, -0.15) is 0 Å². The van der Waals surface area contributed by atoms with Crippen LogP contribution in [0.3, 0.4) is 0 Å². The first-order valence-electron chi connectivity index (χ1n) is 12.0. The number of anilines is 1. The number of nitrogens with zero attached hydrogens (tertiary/aromatic N) is 1. The molecule has 1 aromatic carbocycles. The number of pyridine rings is 1. The van der Waals surface area contributed by atoms with Crippen molar-refractivity contribution in [3.8, 4) is 16.9 Å². The monoisotopic (exact) mass is 518 g/mol. The van der Waals surface area contributed by atoms with Crippen LogP contribution >= 0.6 is 0 Å². The second-order valence-corrected chi connectivity index (χ2v) is 9.87. The largest absolute Gasteiger partial charge is 0.496 e. The lowest BCUT2D eigenvalue weighted by Crippen LogP contribution is -2.45. The maximum atomic E-state index is 14.5. The number of nitrogens with one attached hydrogen (secondary N) is 3. The molecule has 0 saturated heterocycles. The molecule has 0 radical (unpaired) electrons.